The molecule has 2 nitrogen and oxygen atoms in total. The standard InChI is InChI=1S/C12H18O2S/c1-9-6-8-15-11(9)10(13)5-7-12(2,3)14-4/h6,8H,5,7H2,1-4H3. The third-order valence-electron chi connectivity index (χ3n) is 2.62. The molecule has 1 rings (SSSR count). The van der Waals surface area contributed by atoms with E-state index in [4.69, 9.17) is 4.74 Å². The summed E-state index contributed by atoms with van der Waals surface area (Å²) >= 11 is 1.53. The molecule has 1 aromatic rings. The molecule has 0 spiro atoms. The molecule has 0 unspecified atom stereocenters. The topological polar surface area (TPSA) is 26.3 Å². The molecule has 0 saturated heterocycles. The van der Waals surface area contributed by atoms with Crippen LogP contribution in [0.5, 0.6) is 0 Å². The molecule has 0 aliphatic rings. The number of aryl methyl sites for hydroxylation is 1. The molecule has 0 aromatic carbocycles. The Balaban J connectivity index is 2.55. The Hall–Kier alpha value is -0.670. The second-order valence-electron chi connectivity index (χ2n) is 4.32. The Kier molecular flexibility index (Phi) is 4.05. The molecule has 0 saturated carbocycles. The van der Waals surface area contributed by atoms with E-state index in [1.165, 1.54) is 11.3 Å². The van der Waals surface area contributed by atoms with Gasteiger partial charge in [-0.1, -0.05) is 0 Å². The number of carbonyl (C=O) groups is 1. The Labute approximate surface area is 95.3 Å². The summed E-state index contributed by atoms with van der Waals surface area (Å²) < 4.78 is 5.29. The van der Waals surface area contributed by atoms with Gasteiger partial charge < -0.3 is 4.74 Å². The maximum absolute atomic E-state index is 11.8. The minimum absolute atomic E-state index is 0.208. The fraction of sp³-hybridized carbons (Fsp3) is 0.583. The maximum atomic E-state index is 11.8. The van der Waals surface area contributed by atoms with Crippen LogP contribution in [0.1, 0.15) is 41.9 Å². The van der Waals surface area contributed by atoms with Crippen molar-refractivity contribution in [3.05, 3.63) is 21.9 Å². The first-order valence-corrected chi connectivity index (χ1v) is 5.97. The molecule has 0 aliphatic carbocycles. The van der Waals surface area contributed by atoms with Gasteiger partial charge in [-0.3, -0.25) is 4.79 Å². The van der Waals surface area contributed by atoms with E-state index in [0.29, 0.717) is 6.42 Å². The Bertz CT molecular complexity index is 339. The van der Waals surface area contributed by atoms with Crippen molar-refractivity contribution in [2.45, 2.75) is 39.2 Å². The predicted octanol–water partition coefficient (Wildman–Crippen LogP) is 3.44. The highest BCUT2D eigenvalue weighted by Crippen LogP contribution is 2.21. The van der Waals surface area contributed by atoms with Crippen LogP contribution in [-0.4, -0.2) is 18.5 Å². The lowest BCUT2D eigenvalue weighted by atomic mass is 9.99. The van der Waals surface area contributed by atoms with Crippen LogP contribution in [0, 0.1) is 6.92 Å². The molecule has 0 atom stereocenters. The van der Waals surface area contributed by atoms with Crippen molar-refractivity contribution in [3.63, 3.8) is 0 Å². The minimum atomic E-state index is -0.208. The van der Waals surface area contributed by atoms with Crippen LogP contribution in [0.2, 0.25) is 0 Å². The summed E-state index contributed by atoms with van der Waals surface area (Å²) in [7, 11) is 1.68. The van der Waals surface area contributed by atoms with Gasteiger partial charge in [-0.25, -0.2) is 0 Å². The van der Waals surface area contributed by atoms with Crippen molar-refractivity contribution in [2.24, 2.45) is 0 Å². The number of thiophene rings is 1. The lowest BCUT2D eigenvalue weighted by Gasteiger charge is -2.22. The molecule has 0 amide bonds. The summed E-state index contributed by atoms with van der Waals surface area (Å²) in [6.45, 7) is 5.98. The van der Waals surface area contributed by atoms with Crippen molar-refractivity contribution >= 4 is 17.1 Å². The van der Waals surface area contributed by atoms with E-state index in [1.807, 2.05) is 32.2 Å². The molecule has 84 valence electrons. The van der Waals surface area contributed by atoms with E-state index in [2.05, 4.69) is 0 Å². The van der Waals surface area contributed by atoms with Gasteiger partial charge in [-0.15, -0.1) is 11.3 Å². The fourth-order valence-electron chi connectivity index (χ4n) is 1.29. The van der Waals surface area contributed by atoms with Crippen molar-refractivity contribution in [1.29, 1.82) is 0 Å². The summed E-state index contributed by atoms with van der Waals surface area (Å²) in [5.74, 6) is 0.229. The van der Waals surface area contributed by atoms with Gasteiger partial charge in [-0.05, 0) is 44.2 Å². The van der Waals surface area contributed by atoms with Gasteiger partial charge in [0.25, 0.3) is 0 Å². The summed E-state index contributed by atoms with van der Waals surface area (Å²) in [6.07, 6.45) is 1.32. The molecule has 3 heteroatoms. The monoisotopic (exact) mass is 226 g/mol. The lowest BCUT2D eigenvalue weighted by molar-refractivity contribution is 0.0142. The van der Waals surface area contributed by atoms with E-state index in [1.54, 1.807) is 7.11 Å². The van der Waals surface area contributed by atoms with Gasteiger partial charge in [0, 0.05) is 13.5 Å². The first kappa shape index (κ1) is 12.4. The van der Waals surface area contributed by atoms with Crippen LogP contribution < -0.4 is 0 Å². The number of hydrogen-bond acceptors (Lipinski definition) is 3. The van der Waals surface area contributed by atoms with Crippen molar-refractivity contribution < 1.29 is 9.53 Å². The number of hydrogen-bond donors (Lipinski definition) is 0. The third kappa shape index (κ3) is 3.43. The fourth-order valence-corrected chi connectivity index (χ4v) is 2.18. The van der Waals surface area contributed by atoms with E-state index < -0.39 is 0 Å². The van der Waals surface area contributed by atoms with Gasteiger partial charge in [-0.2, -0.15) is 0 Å². The van der Waals surface area contributed by atoms with Crippen LogP contribution in [0.3, 0.4) is 0 Å². The molecule has 0 fully saturated rings. The average Bonchev–Trinajstić information content (AvgIpc) is 2.61. The second-order valence-corrected chi connectivity index (χ2v) is 5.24. The van der Waals surface area contributed by atoms with Gasteiger partial charge in [0.1, 0.15) is 0 Å². The first-order chi connectivity index (χ1) is 6.96. The Morgan fingerprint density at radius 1 is 1.53 bits per heavy atom. The zero-order chi connectivity index (χ0) is 11.5. The summed E-state index contributed by atoms with van der Waals surface area (Å²) in [5.41, 5.74) is 0.876. The van der Waals surface area contributed by atoms with Crippen molar-refractivity contribution in [1.82, 2.24) is 0 Å². The molecular formula is C12H18O2S. The van der Waals surface area contributed by atoms with Gasteiger partial charge in [0.15, 0.2) is 5.78 Å². The number of carbonyl (C=O) groups excluding carboxylic acids is 1. The number of ether oxygens (including phenoxy) is 1. The van der Waals surface area contributed by atoms with E-state index in [0.717, 1.165) is 16.9 Å². The zero-order valence-electron chi connectivity index (χ0n) is 9.79. The lowest BCUT2D eigenvalue weighted by Crippen LogP contribution is -2.23. The van der Waals surface area contributed by atoms with E-state index in [-0.39, 0.29) is 11.4 Å². The van der Waals surface area contributed by atoms with E-state index in [9.17, 15) is 4.79 Å². The normalized spacial score (nSPS) is 11.7. The number of methoxy groups -OCH3 is 1. The molecule has 1 aromatic heterocycles. The van der Waals surface area contributed by atoms with Gasteiger partial charge in [0.2, 0.25) is 0 Å². The zero-order valence-corrected chi connectivity index (χ0v) is 10.6. The Morgan fingerprint density at radius 2 is 2.20 bits per heavy atom. The quantitative estimate of drug-likeness (QED) is 0.719. The highest BCUT2D eigenvalue weighted by Gasteiger charge is 2.19. The summed E-state index contributed by atoms with van der Waals surface area (Å²) in [6, 6.07) is 1.99. The van der Waals surface area contributed by atoms with Gasteiger partial charge in [0.05, 0.1) is 10.5 Å². The van der Waals surface area contributed by atoms with Crippen LogP contribution >= 0.6 is 11.3 Å². The third-order valence-corrected chi connectivity index (χ3v) is 3.68. The molecule has 0 bridgehead atoms. The summed E-state index contributed by atoms with van der Waals surface area (Å²) in [4.78, 5) is 12.7. The van der Waals surface area contributed by atoms with Crippen molar-refractivity contribution in [3.8, 4) is 0 Å². The predicted molar refractivity (Wildman–Crippen MR) is 63.7 cm³/mol. The SMILES string of the molecule is COC(C)(C)CCC(=O)c1sccc1C. The molecule has 15 heavy (non-hydrogen) atoms. The second kappa shape index (κ2) is 4.90. The van der Waals surface area contributed by atoms with Gasteiger partial charge >= 0.3 is 0 Å². The maximum Gasteiger partial charge on any atom is 0.173 e. The van der Waals surface area contributed by atoms with Crippen LogP contribution in [0.25, 0.3) is 0 Å². The van der Waals surface area contributed by atoms with E-state index >= 15 is 0 Å². The van der Waals surface area contributed by atoms with Crippen molar-refractivity contribution in [2.75, 3.05) is 7.11 Å². The van der Waals surface area contributed by atoms with Crippen LogP contribution in [-0.2, 0) is 4.74 Å². The number of Topliss-reactive ketones (excluding diaryl/α,β-unsaturated/α-hetero) is 1. The highest BCUT2D eigenvalue weighted by molar-refractivity contribution is 7.12. The summed E-state index contributed by atoms with van der Waals surface area (Å²) in [5, 5.41) is 1.96. The Morgan fingerprint density at radius 3 is 2.67 bits per heavy atom. The first-order valence-electron chi connectivity index (χ1n) is 5.09. The number of ketones is 1. The van der Waals surface area contributed by atoms with Crippen LogP contribution in [0.15, 0.2) is 11.4 Å². The largest absolute Gasteiger partial charge is 0.379 e. The molecule has 1 heterocycles. The molecule has 0 N–H and O–H groups in total. The molecular weight excluding hydrogens is 208 g/mol. The van der Waals surface area contributed by atoms with Crippen LogP contribution in [0.4, 0.5) is 0 Å². The highest BCUT2D eigenvalue weighted by atomic mass is 32.1. The molecule has 0 radical (unpaired) electrons. The molecule has 0 aliphatic heterocycles. The average molecular weight is 226 g/mol. The minimum Gasteiger partial charge on any atom is -0.379 e. The smallest absolute Gasteiger partial charge is 0.173 e. The number of rotatable bonds is 5.